The van der Waals surface area contributed by atoms with Crippen LogP contribution >= 0.6 is 0 Å². The Hall–Kier alpha value is -2.44. The Morgan fingerprint density at radius 1 is 1.00 bits per heavy atom. The van der Waals surface area contributed by atoms with Crippen LogP contribution in [0.2, 0.25) is 0 Å². The molecule has 7 nitrogen and oxygen atoms in total. The summed E-state index contributed by atoms with van der Waals surface area (Å²) in [6.45, 7) is 1.42. The van der Waals surface area contributed by atoms with Crippen LogP contribution in [0.4, 0.5) is 4.79 Å². The lowest BCUT2D eigenvalue weighted by atomic mass is 9.95. The molecule has 25 heavy (non-hydrogen) atoms. The van der Waals surface area contributed by atoms with Gasteiger partial charge in [-0.2, -0.15) is 0 Å². The number of hydrogen-bond acceptors (Lipinski definition) is 4. The van der Waals surface area contributed by atoms with E-state index < -0.39 is 0 Å². The fraction of sp³-hybridized carbons (Fsp3) is 0.556. The van der Waals surface area contributed by atoms with Crippen LogP contribution in [0.15, 0.2) is 18.2 Å². The van der Waals surface area contributed by atoms with Crippen LogP contribution in [0.5, 0.6) is 11.5 Å². The SMILES string of the molecule is O=C(CNC(=O)NCc1ccc2c(c1)OCCO2)NC1CCCCC1. The molecule has 1 aliphatic heterocycles. The van der Waals surface area contributed by atoms with E-state index in [4.69, 9.17) is 9.47 Å². The van der Waals surface area contributed by atoms with E-state index in [1.807, 2.05) is 18.2 Å². The Kier molecular flexibility index (Phi) is 5.98. The van der Waals surface area contributed by atoms with Gasteiger partial charge in [-0.25, -0.2) is 4.79 Å². The maximum absolute atomic E-state index is 11.9. The molecule has 1 aromatic carbocycles. The summed E-state index contributed by atoms with van der Waals surface area (Å²) in [7, 11) is 0. The number of carbonyl (C=O) groups excluding carboxylic acids is 2. The highest BCUT2D eigenvalue weighted by Crippen LogP contribution is 2.30. The molecule has 0 saturated heterocycles. The molecule has 3 rings (SSSR count). The van der Waals surface area contributed by atoms with E-state index in [1.54, 1.807) is 0 Å². The molecular weight excluding hydrogens is 322 g/mol. The standard InChI is InChI=1S/C18H25N3O4/c22-17(21-14-4-2-1-3-5-14)12-20-18(23)19-11-13-6-7-15-16(10-13)25-9-8-24-15/h6-7,10,14H,1-5,8-9,11-12H2,(H,21,22)(H2,19,20,23). The molecule has 0 aromatic heterocycles. The van der Waals surface area contributed by atoms with E-state index >= 15 is 0 Å². The molecule has 3 amide bonds. The zero-order valence-electron chi connectivity index (χ0n) is 14.3. The van der Waals surface area contributed by atoms with Crippen molar-refractivity contribution in [3.05, 3.63) is 23.8 Å². The molecule has 1 saturated carbocycles. The van der Waals surface area contributed by atoms with Gasteiger partial charge in [-0.15, -0.1) is 0 Å². The van der Waals surface area contributed by atoms with Crippen molar-refractivity contribution >= 4 is 11.9 Å². The zero-order valence-corrected chi connectivity index (χ0v) is 14.3. The second kappa shape index (κ2) is 8.60. The molecule has 3 N–H and O–H groups in total. The van der Waals surface area contributed by atoms with Gasteiger partial charge in [-0.05, 0) is 30.5 Å². The minimum atomic E-state index is -0.367. The molecule has 0 bridgehead atoms. The third-order valence-electron chi connectivity index (χ3n) is 4.44. The minimum absolute atomic E-state index is 0.0104. The summed E-state index contributed by atoms with van der Waals surface area (Å²) in [6.07, 6.45) is 5.62. The van der Waals surface area contributed by atoms with Crippen molar-refractivity contribution in [3.63, 3.8) is 0 Å². The molecule has 1 heterocycles. The van der Waals surface area contributed by atoms with Gasteiger partial charge >= 0.3 is 6.03 Å². The first kappa shape index (κ1) is 17.4. The van der Waals surface area contributed by atoms with Crippen molar-refractivity contribution in [1.82, 2.24) is 16.0 Å². The monoisotopic (exact) mass is 347 g/mol. The number of ether oxygens (including phenoxy) is 2. The summed E-state index contributed by atoms with van der Waals surface area (Å²) in [5.41, 5.74) is 0.908. The summed E-state index contributed by atoms with van der Waals surface area (Å²) in [5.74, 6) is 1.28. The van der Waals surface area contributed by atoms with Crippen LogP contribution in [0.1, 0.15) is 37.7 Å². The Bertz CT molecular complexity index is 614. The van der Waals surface area contributed by atoms with Crippen molar-refractivity contribution < 1.29 is 19.1 Å². The van der Waals surface area contributed by atoms with Gasteiger partial charge in [0.2, 0.25) is 5.91 Å². The minimum Gasteiger partial charge on any atom is -0.486 e. The molecule has 2 aliphatic rings. The number of nitrogens with one attached hydrogen (secondary N) is 3. The summed E-state index contributed by atoms with van der Waals surface area (Å²) in [6, 6.07) is 5.45. The van der Waals surface area contributed by atoms with Crippen LogP contribution in [0, 0.1) is 0 Å². The van der Waals surface area contributed by atoms with E-state index in [1.165, 1.54) is 6.42 Å². The Balaban J connectivity index is 1.37. The van der Waals surface area contributed by atoms with Crippen molar-refractivity contribution in [2.24, 2.45) is 0 Å². The second-order valence-corrected chi connectivity index (χ2v) is 6.42. The first-order chi connectivity index (χ1) is 12.2. The molecule has 0 atom stereocenters. The van der Waals surface area contributed by atoms with Gasteiger partial charge in [-0.3, -0.25) is 4.79 Å². The van der Waals surface area contributed by atoms with E-state index in [9.17, 15) is 9.59 Å². The Morgan fingerprint density at radius 3 is 2.56 bits per heavy atom. The quantitative estimate of drug-likeness (QED) is 0.756. The first-order valence-corrected chi connectivity index (χ1v) is 8.90. The maximum Gasteiger partial charge on any atom is 0.315 e. The molecule has 7 heteroatoms. The van der Waals surface area contributed by atoms with Gasteiger partial charge in [0.1, 0.15) is 13.2 Å². The fourth-order valence-electron chi connectivity index (χ4n) is 3.13. The largest absolute Gasteiger partial charge is 0.486 e. The molecule has 1 fully saturated rings. The molecule has 1 aromatic rings. The van der Waals surface area contributed by atoms with E-state index in [-0.39, 0.29) is 24.5 Å². The molecule has 0 spiro atoms. The molecule has 0 unspecified atom stereocenters. The topological polar surface area (TPSA) is 88.7 Å². The number of benzene rings is 1. The average Bonchev–Trinajstić information content (AvgIpc) is 2.65. The number of amides is 3. The summed E-state index contributed by atoms with van der Waals surface area (Å²) < 4.78 is 11.0. The molecular formula is C18H25N3O4. The van der Waals surface area contributed by atoms with Gasteiger partial charge in [0.25, 0.3) is 0 Å². The number of rotatable bonds is 5. The number of hydrogen-bond donors (Lipinski definition) is 3. The predicted octanol–water partition coefficient (Wildman–Crippen LogP) is 1.71. The van der Waals surface area contributed by atoms with Gasteiger partial charge in [-0.1, -0.05) is 25.3 Å². The highest BCUT2D eigenvalue weighted by Gasteiger charge is 2.16. The number of fused-ring (bicyclic) bond motifs is 1. The lowest BCUT2D eigenvalue weighted by molar-refractivity contribution is -0.121. The maximum atomic E-state index is 11.9. The second-order valence-electron chi connectivity index (χ2n) is 6.42. The summed E-state index contributed by atoms with van der Waals surface area (Å²) >= 11 is 0. The van der Waals surface area contributed by atoms with E-state index in [2.05, 4.69) is 16.0 Å². The normalized spacial score (nSPS) is 16.8. The van der Waals surface area contributed by atoms with Gasteiger partial charge < -0.3 is 25.4 Å². The third-order valence-corrected chi connectivity index (χ3v) is 4.44. The van der Waals surface area contributed by atoms with Crippen molar-refractivity contribution in [2.75, 3.05) is 19.8 Å². The highest BCUT2D eigenvalue weighted by molar-refractivity contribution is 5.84. The van der Waals surface area contributed by atoms with Crippen LogP contribution in [0.3, 0.4) is 0 Å². The average molecular weight is 347 g/mol. The van der Waals surface area contributed by atoms with Crippen LogP contribution in [-0.4, -0.2) is 37.7 Å². The lowest BCUT2D eigenvalue weighted by Gasteiger charge is -2.22. The number of urea groups is 1. The third kappa shape index (κ3) is 5.27. The van der Waals surface area contributed by atoms with Crippen LogP contribution < -0.4 is 25.4 Å². The van der Waals surface area contributed by atoms with Crippen LogP contribution in [0.25, 0.3) is 0 Å². The molecule has 136 valence electrons. The van der Waals surface area contributed by atoms with Crippen molar-refractivity contribution in [1.29, 1.82) is 0 Å². The van der Waals surface area contributed by atoms with Gasteiger partial charge in [0.05, 0.1) is 6.54 Å². The fourth-order valence-corrected chi connectivity index (χ4v) is 3.13. The van der Waals surface area contributed by atoms with E-state index in [0.29, 0.717) is 25.5 Å². The first-order valence-electron chi connectivity index (χ1n) is 8.90. The summed E-state index contributed by atoms with van der Waals surface area (Å²) in [4.78, 5) is 23.7. The highest BCUT2D eigenvalue weighted by atomic mass is 16.6. The van der Waals surface area contributed by atoms with Gasteiger partial charge in [0.15, 0.2) is 11.5 Å². The smallest absolute Gasteiger partial charge is 0.315 e. The molecule has 0 radical (unpaired) electrons. The van der Waals surface area contributed by atoms with Crippen molar-refractivity contribution in [2.45, 2.75) is 44.7 Å². The van der Waals surface area contributed by atoms with E-state index in [0.717, 1.165) is 37.0 Å². The molecule has 1 aliphatic carbocycles. The van der Waals surface area contributed by atoms with Crippen molar-refractivity contribution in [3.8, 4) is 11.5 Å². The lowest BCUT2D eigenvalue weighted by Crippen LogP contribution is -2.45. The van der Waals surface area contributed by atoms with Crippen LogP contribution in [-0.2, 0) is 11.3 Å². The Labute approximate surface area is 147 Å². The predicted molar refractivity (Wildman–Crippen MR) is 92.7 cm³/mol. The van der Waals surface area contributed by atoms with Gasteiger partial charge in [0, 0.05) is 12.6 Å². The Morgan fingerprint density at radius 2 is 1.76 bits per heavy atom. The number of carbonyl (C=O) groups is 2. The summed E-state index contributed by atoms with van der Waals surface area (Å²) in [5, 5.41) is 8.30. The zero-order chi connectivity index (χ0) is 17.5.